The molecule has 0 aromatic heterocycles. The van der Waals surface area contributed by atoms with E-state index in [4.69, 9.17) is 4.74 Å². The minimum atomic E-state index is -0.329. The Balaban J connectivity index is 2.87. The molecular weight excluding hydrogens is 214 g/mol. The van der Waals surface area contributed by atoms with Crippen molar-refractivity contribution in [3.63, 3.8) is 0 Å². The normalized spacial score (nSPS) is 13.9. The number of para-hydroxylation sites is 1. The van der Waals surface area contributed by atoms with Crippen LogP contribution in [0.1, 0.15) is 38.7 Å². The van der Waals surface area contributed by atoms with Gasteiger partial charge in [0.15, 0.2) is 0 Å². The number of benzene rings is 1. The first-order chi connectivity index (χ1) is 8.10. The van der Waals surface area contributed by atoms with Crippen LogP contribution in [0.4, 0.5) is 5.69 Å². The highest BCUT2D eigenvalue weighted by Crippen LogP contribution is 2.26. The third-order valence-electron chi connectivity index (χ3n) is 3.03. The molecule has 1 aromatic carbocycles. The van der Waals surface area contributed by atoms with Crippen molar-refractivity contribution in [3.8, 4) is 0 Å². The monoisotopic (exact) mass is 235 g/mol. The van der Waals surface area contributed by atoms with E-state index in [1.54, 1.807) is 6.92 Å². The lowest BCUT2D eigenvalue weighted by atomic mass is 9.96. The van der Waals surface area contributed by atoms with Crippen LogP contribution >= 0.6 is 0 Å². The average Bonchev–Trinajstić information content (AvgIpc) is 2.37. The van der Waals surface area contributed by atoms with Crippen molar-refractivity contribution >= 4 is 11.7 Å². The molecule has 0 bridgehead atoms. The van der Waals surface area contributed by atoms with Gasteiger partial charge in [0, 0.05) is 5.69 Å². The lowest BCUT2D eigenvalue weighted by Gasteiger charge is -2.19. The zero-order chi connectivity index (χ0) is 12.8. The van der Waals surface area contributed by atoms with E-state index in [0.717, 1.165) is 12.1 Å². The van der Waals surface area contributed by atoms with Gasteiger partial charge in [0.1, 0.15) is 6.04 Å². The van der Waals surface area contributed by atoms with E-state index in [0.29, 0.717) is 5.92 Å². The van der Waals surface area contributed by atoms with Gasteiger partial charge >= 0.3 is 5.97 Å². The molecule has 0 spiro atoms. The van der Waals surface area contributed by atoms with E-state index < -0.39 is 0 Å². The highest BCUT2D eigenvalue weighted by Gasteiger charge is 2.15. The molecule has 0 heterocycles. The number of ether oxygens (including phenoxy) is 1. The minimum Gasteiger partial charge on any atom is -0.467 e. The van der Waals surface area contributed by atoms with Crippen LogP contribution in [0.25, 0.3) is 0 Å². The summed E-state index contributed by atoms with van der Waals surface area (Å²) in [5.41, 5.74) is 2.26. The zero-order valence-electron chi connectivity index (χ0n) is 11.0. The molecule has 94 valence electrons. The van der Waals surface area contributed by atoms with Crippen LogP contribution < -0.4 is 5.32 Å². The second-order valence-electron chi connectivity index (χ2n) is 4.29. The molecule has 0 aliphatic rings. The Morgan fingerprint density at radius 3 is 2.59 bits per heavy atom. The van der Waals surface area contributed by atoms with Crippen molar-refractivity contribution < 1.29 is 9.53 Å². The van der Waals surface area contributed by atoms with Crippen LogP contribution in [0, 0.1) is 0 Å². The van der Waals surface area contributed by atoms with E-state index >= 15 is 0 Å². The highest BCUT2D eigenvalue weighted by molar-refractivity contribution is 5.79. The average molecular weight is 235 g/mol. The number of esters is 1. The molecule has 1 unspecified atom stereocenters. The van der Waals surface area contributed by atoms with Gasteiger partial charge in [-0.15, -0.1) is 0 Å². The molecule has 1 N–H and O–H groups in total. The van der Waals surface area contributed by atoms with Gasteiger partial charge in [-0.2, -0.15) is 0 Å². The topological polar surface area (TPSA) is 38.3 Å². The quantitative estimate of drug-likeness (QED) is 0.797. The van der Waals surface area contributed by atoms with Gasteiger partial charge in [0.25, 0.3) is 0 Å². The van der Waals surface area contributed by atoms with Crippen molar-refractivity contribution in [2.24, 2.45) is 0 Å². The van der Waals surface area contributed by atoms with Gasteiger partial charge in [0.05, 0.1) is 7.11 Å². The molecule has 2 atom stereocenters. The molecule has 17 heavy (non-hydrogen) atoms. The van der Waals surface area contributed by atoms with E-state index in [1.165, 1.54) is 12.7 Å². The maximum absolute atomic E-state index is 11.4. The fourth-order valence-electron chi connectivity index (χ4n) is 1.75. The summed E-state index contributed by atoms with van der Waals surface area (Å²) in [6, 6.07) is 7.76. The van der Waals surface area contributed by atoms with Crippen LogP contribution in [0.3, 0.4) is 0 Å². The standard InChI is InChI=1S/C14H21NO2/c1-5-10(2)12-8-6-7-9-13(12)15-11(3)14(16)17-4/h6-11,15H,5H2,1-4H3/t10?,11-/m0/s1. The van der Waals surface area contributed by atoms with Crippen molar-refractivity contribution in [2.45, 2.75) is 39.2 Å². The van der Waals surface area contributed by atoms with E-state index in [-0.39, 0.29) is 12.0 Å². The number of hydrogen-bond donors (Lipinski definition) is 1. The Bertz CT molecular complexity index is 376. The van der Waals surface area contributed by atoms with Gasteiger partial charge in [-0.3, -0.25) is 0 Å². The Kier molecular flexibility index (Phi) is 5.01. The first-order valence-corrected chi connectivity index (χ1v) is 6.03. The van der Waals surface area contributed by atoms with Gasteiger partial charge in [-0.05, 0) is 30.9 Å². The van der Waals surface area contributed by atoms with Crippen LogP contribution in [0.5, 0.6) is 0 Å². The second kappa shape index (κ2) is 6.28. The summed E-state index contributed by atoms with van der Waals surface area (Å²) in [5.74, 6) is 0.229. The summed E-state index contributed by atoms with van der Waals surface area (Å²) < 4.78 is 4.71. The SMILES string of the molecule is CCC(C)c1ccccc1N[C@@H](C)C(=O)OC. The molecule has 0 aliphatic carbocycles. The number of anilines is 1. The van der Waals surface area contributed by atoms with E-state index in [2.05, 4.69) is 25.2 Å². The maximum atomic E-state index is 11.4. The van der Waals surface area contributed by atoms with Gasteiger partial charge in [-0.1, -0.05) is 32.0 Å². The van der Waals surface area contributed by atoms with Crippen molar-refractivity contribution in [3.05, 3.63) is 29.8 Å². The van der Waals surface area contributed by atoms with Gasteiger partial charge in [0.2, 0.25) is 0 Å². The fourth-order valence-corrected chi connectivity index (χ4v) is 1.75. The fraction of sp³-hybridized carbons (Fsp3) is 0.500. The second-order valence-corrected chi connectivity index (χ2v) is 4.29. The molecule has 1 rings (SSSR count). The first-order valence-electron chi connectivity index (χ1n) is 6.03. The molecule has 3 nitrogen and oxygen atoms in total. The van der Waals surface area contributed by atoms with E-state index in [1.807, 2.05) is 18.2 Å². The number of nitrogens with one attached hydrogen (secondary N) is 1. The van der Waals surface area contributed by atoms with Gasteiger partial charge < -0.3 is 10.1 Å². The Hall–Kier alpha value is -1.51. The van der Waals surface area contributed by atoms with Crippen molar-refractivity contribution in [1.82, 2.24) is 0 Å². The first kappa shape index (κ1) is 13.6. The van der Waals surface area contributed by atoms with Crippen molar-refractivity contribution in [1.29, 1.82) is 0 Å². The molecule has 0 aliphatic heterocycles. The molecule has 0 amide bonds. The molecule has 0 saturated heterocycles. The van der Waals surface area contributed by atoms with Crippen LogP contribution in [-0.2, 0) is 9.53 Å². The predicted molar refractivity (Wildman–Crippen MR) is 70.2 cm³/mol. The highest BCUT2D eigenvalue weighted by atomic mass is 16.5. The lowest BCUT2D eigenvalue weighted by molar-refractivity contribution is -0.141. The molecule has 1 aromatic rings. The number of hydrogen-bond acceptors (Lipinski definition) is 3. The molecular formula is C14H21NO2. The lowest BCUT2D eigenvalue weighted by Crippen LogP contribution is -2.27. The number of rotatable bonds is 5. The zero-order valence-corrected chi connectivity index (χ0v) is 11.0. The smallest absolute Gasteiger partial charge is 0.327 e. The van der Waals surface area contributed by atoms with Crippen LogP contribution in [0.2, 0.25) is 0 Å². The number of carbonyl (C=O) groups excluding carboxylic acids is 1. The van der Waals surface area contributed by atoms with Crippen LogP contribution in [0.15, 0.2) is 24.3 Å². The summed E-state index contributed by atoms with van der Waals surface area (Å²) in [6.45, 7) is 6.15. The Morgan fingerprint density at radius 1 is 1.35 bits per heavy atom. The Morgan fingerprint density at radius 2 is 2.00 bits per heavy atom. The summed E-state index contributed by atoms with van der Waals surface area (Å²) in [6.07, 6.45) is 1.07. The van der Waals surface area contributed by atoms with E-state index in [9.17, 15) is 4.79 Å². The summed E-state index contributed by atoms with van der Waals surface area (Å²) >= 11 is 0. The third-order valence-corrected chi connectivity index (χ3v) is 3.03. The van der Waals surface area contributed by atoms with Crippen LogP contribution in [-0.4, -0.2) is 19.1 Å². The van der Waals surface area contributed by atoms with Crippen molar-refractivity contribution in [2.75, 3.05) is 12.4 Å². The van der Waals surface area contributed by atoms with Gasteiger partial charge in [-0.25, -0.2) is 4.79 Å². The molecule has 0 fully saturated rings. The number of methoxy groups -OCH3 is 1. The summed E-state index contributed by atoms with van der Waals surface area (Å²) in [5, 5.41) is 3.20. The largest absolute Gasteiger partial charge is 0.467 e. The Labute approximate surface area is 103 Å². The third kappa shape index (κ3) is 3.48. The predicted octanol–water partition coefficient (Wildman–Crippen LogP) is 3.17. The molecule has 0 radical (unpaired) electrons. The maximum Gasteiger partial charge on any atom is 0.327 e. The minimum absolute atomic E-state index is 0.246. The number of carbonyl (C=O) groups is 1. The summed E-state index contributed by atoms with van der Waals surface area (Å²) in [4.78, 5) is 11.4. The summed E-state index contributed by atoms with van der Waals surface area (Å²) in [7, 11) is 1.40. The molecule has 0 saturated carbocycles. The molecule has 3 heteroatoms.